The summed E-state index contributed by atoms with van der Waals surface area (Å²) < 4.78 is 10.5. The Morgan fingerprint density at radius 3 is 2.61 bits per heavy atom. The molecule has 0 amide bonds. The molecule has 0 saturated heterocycles. The number of carbonyl (C=O) groups excluding carboxylic acids is 1. The second-order valence-corrected chi connectivity index (χ2v) is 5.09. The quantitative estimate of drug-likeness (QED) is 0.324. The fourth-order valence-electron chi connectivity index (χ4n) is 1.75. The van der Waals surface area contributed by atoms with E-state index in [1.54, 1.807) is 12.1 Å². The second kappa shape index (κ2) is 10.3. The van der Waals surface area contributed by atoms with Crippen molar-refractivity contribution in [3.8, 4) is 17.6 Å². The first-order chi connectivity index (χ1) is 11.1. The minimum absolute atomic E-state index is 0.0299. The summed E-state index contributed by atoms with van der Waals surface area (Å²) >= 11 is 0. The van der Waals surface area contributed by atoms with Crippen molar-refractivity contribution in [1.29, 1.82) is 5.26 Å². The Bertz CT molecular complexity index is 587. The highest BCUT2D eigenvalue weighted by Gasteiger charge is 2.11. The van der Waals surface area contributed by atoms with Crippen LogP contribution in [-0.4, -0.2) is 24.3 Å². The van der Waals surface area contributed by atoms with Crippen molar-refractivity contribution in [2.75, 3.05) is 13.2 Å². The maximum Gasteiger partial charge on any atom is 0.348 e. The van der Waals surface area contributed by atoms with Crippen LogP contribution in [0.5, 0.6) is 11.5 Å². The molecule has 124 valence electrons. The Hall–Kier alpha value is -2.48. The Morgan fingerprint density at radius 2 is 1.96 bits per heavy atom. The van der Waals surface area contributed by atoms with E-state index in [0.717, 1.165) is 25.7 Å². The third kappa shape index (κ3) is 6.43. The summed E-state index contributed by atoms with van der Waals surface area (Å²) in [5.41, 5.74) is 0.518. The molecule has 0 radical (unpaired) electrons. The zero-order chi connectivity index (χ0) is 17.1. The first kappa shape index (κ1) is 18.6. The van der Waals surface area contributed by atoms with Crippen molar-refractivity contribution in [3.63, 3.8) is 0 Å². The van der Waals surface area contributed by atoms with Gasteiger partial charge in [0.1, 0.15) is 11.6 Å². The molecule has 0 saturated carbocycles. The van der Waals surface area contributed by atoms with Crippen molar-refractivity contribution in [3.05, 3.63) is 29.3 Å². The molecule has 0 fully saturated rings. The van der Waals surface area contributed by atoms with Gasteiger partial charge in [0.15, 0.2) is 11.5 Å². The largest absolute Gasteiger partial charge is 0.504 e. The number of benzene rings is 1. The van der Waals surface area contributed by atoms with Gasteiger partial charge < -0.3 is 14.6 Å². The van der Waals surface area contributed by atoms with E-state index < -0.39 is 5.97 Å². The molecular formula is C18H23NO4. The monoisotopic (exact) mass is 317 g/mol. The van der Waals surface area contributed by atoms with Crippen LogP contribution in [-0.2, 0) is 9.53 Å². The molecule has 5 heteroatoms. The van der Waals surface area contributed by atoms with E-state index >= 15 is 0 Å². The van der Waals surface area contributed by atoms with E-state index in [0.29, 0.717) is 24.5 Å². The molecule has 0 atom stereocenters. The fourth-order valence-corrected chi connectivity index (χ4v) is 1.75. The highest BCUT2D eigenvalue weighted by atomic mass is 16.5. The van der Waals surface area contributed by atoms with Crippen LogP contribution in [0.4, 0.5) is 0 Å². The van der Waals surface area contributed by atoms with E-state index in [4.69, 9.17) is 14.7 Å². The molecule has 0 aliphatic heterocycles. The van der Waals surface area contributed by atoms with Crippen molar-refractivity contribution < 1.29 is 19.4 Å². The topological polar surface area (TPSA) is 79.6 Å². The van der Waals surface area contributed by atoms with Crippen LogP contribution in [0.15, 0.2) is 23.8 Å². The van der Waals surface area contributed by atoms with Gasteiger partial charge in [-0.2, -0.15) is 5.26 Å². The number of carbonyl (C=O) groups is 1. The average Bonchev–Trinajstić information content (AvgIpc) is 2.55. The van der Waals surface area contributed by atoms with E-state index in [1.165, 1.54) is 12.1 Å². The van der Waals surface area contributed by atoms with Crippen molar-refractivity contribution in [2.45, 2.75) is 39.5 Å². The molecule has 0 aliphatic carbocycles. The van der Waals surface area contributed by atoms with Crippen molar-refractivity contribution in [1.82, 2.24) is 0 Å². The molecule has 5 nitrogen and oxygen atoms in total. The Balaban J connectivity index is 2.85. The summed E-state index contributed by atoms with van der Waals surface area (Å²) in [6.45, 7) is 4.84. The first-order valence-corrected chi connectivity index (χ1v) is 7.87. The number of phenols is 1. The highest BCUT2D eigenvalue weighted by Crippen LogP contribution is 2.28. The smallest absolute Gasteiger partial charge is 0.348 e. The van der Waals surface area contributed by atoms with E-state index in [1.807, 2.05) is 19.9 Å². The van der Waals surface area contributed by atoms with Gasteiger partial charge in [0.2, 0.25) is 0 Å². The Labute approximate surface area is 137 Å². The minimum atomic E-state index is -0.637. The van der Waals surface area contributed by atoms with Crippen LogP contribution >= 0.6 is 0 Å². The van der Waals surface area contributed by atoms with Crippen LogP contribution in [0.25, 0.3) is 6.08 Å². The van der Waals surface area contributed by atoms with Crippen LogP contribution in [0.1, 0.15) is 45.1 Å². The summed E-state index contributed by atoms with van der Waals surface area (Å²) in [7, 11) is 0. The lowest BCUT2D eigenvalue weighted by Crippen LogP contribution is -2.07. The number of hydrogen-bond donors (Lipinski definition) is 1. The lowest BCUT2D eigenvalue weighted by molar-refractivity contribution is -0.138. The predicted octanol–water partition coefficient (Wildman–Crippen LogP) is 3.82. The lowest BCUT2D eigenvalue weighted by Gasteiger charge is -2.08. The molecule has 0 unspecified atom stereocenters. The summed E-state index contributed by atoms with van der Waals surface area (Å²) in [6, 6.07) is 6.53. The van der Waals surface area contributed by atoms with Gasteiger partial charge in [-0.25, -0.2) is 4.79 Å². The van der Waals surface area contributed by atoms with Crippen LogP contribution in [0.2, 0.25) is 0 Å². The van der Waals surface area contributed by atoms with Crippen LogP contribution < -0.4 is 4.74 Å². The number of phenolic OH excluding ortho intramolecular Hbond substituents is 1. The molecular weight excluding hydrogens is 294 g/mol. The van der Waals surface area contributed by atoms with Crippen LogP contribution in [0, 0.1) is 11.3 Å². The van der Waals surface area contributed by atoms with Crippen LogP contribution in [0.3, 0.4) is 0 Å². The number of aromatic hydroxyl groups is 1. The van der Waals surface area contributed by atoms with E-state index in [-0.39, 0.29) is 11.3 Å². The summed E-state index contributed by atoms with van der Waals surface area (Å²) in [5.74, 6) is -0.270. The summed E-state index contributed by atoms with van der Waals surface area (Å²) in [5, 5.41) is 18.9. The average molecular weight is 317 g/mol. The SMILES string of the molecule is CCCCOC(=O)C(C#N)=Cc1ccc(O)c(OCCCC)c1. The minimum Gasteiger partial charge on any atom is -0.504 e. The van der Waals surface area contributed by atoms with Gasteiger partial charge in [-0.05, 0) is 36.6 Å². The number of nitrogens with zero attached hydrogens (tertiary/aromatic N) is 1. The summed E-state index contributed by atoms with van der Waals surface area (Å²) in [4.78, 5) is 11.8. The zero-order valence-corrected chi connectivity index (χ0v) is 13.7. The molecule has 0 aromatic heterocycles. The van der Waals surface area contributed by atoms with E-state index in [9.17, 15) is 9.90 Å². The van der Waals surface area contributed by atoms with Gasteiger partial charge >= 0.3 is 5.97 Å². The van der Waals surface area contributed by atoms with Crippen molar-refractivity contribution >= 4 is 12.0 Å². The fraction of sp³-hybridized carbons (Fsp3) is 0.444. The number of nitriles is 1. The van der Waals surface area contributed by atoms with Crippen molar-refractivity contribution in [2.24, 2.45) is 0 Å². The third-order valence-electron chi connectivity index (χ3n) is 3.12. The van der Waals surface area contributed by atoms with Gasteiger partial charge in [-0.15, -0.1) is 0 Å². The van der Waals surface area contributed by atoms with Gasteiger partial charge in [0.25, 0.3) is 0 Å². The number of unbranched alkanes of at least 4 members (excludes halogenated alkanes) is 2. The van der Waals surface area contributed by atoms with Gasteiger partial charge in [0.05, 0.1) is 13.2 Å². The van der Waals surface area contributed by atoms with Gasteiger partial charge in [-0.3, -0.25) is 0 Å². The number of rotatable bonds is 9. The molecule has 23 heavy (non-hydrogen) atoms. The molecule has 0 bridgehead atoms. The first-order valence-electron chi connectivity index (χ1n) is 7.87. The lowest BCUT2D eigenvalue weighted by atomic mass is 10.1. The molecule has 0 aliphatic rings. The molecule has 0 heterocycles. The normalized spacial score (nSPS) is 10.9. The number of ether oxygens (including phenoxy) is 2. The number of hydrogen-bond acceptors (Lipinski definition) is 5. The third-order valence-corrected chi connectivity index (χ3v) is 3.12. The Kier molecular flexibility index (Phi) is 8.30. The Morgan fingerprint density at radius 1 is 1.26 bits per heavy atom. The summed E-state index contributed by atoms with van der Waals surface area (Å²) in [6.07, 6.45) is 4.98. The molecule has 1 aromatic carbocycles. The molecule has 1 aromatic rings. The molecule has 1 rings (SSSR count). The molecule has 0 spiro atoms. The maximum atomic E-state index is 11.8. The molecule has 1 N–H and O–H groups in total. The van der Waals surface area contributed by atoms with E-state index in [2.05, 4.69) is 0 Å². The highest BCUT2D eigenvalue weighted by molar-refractivity contribution is 5.97. The second-order valence-electron chi connectivity index (χ2n) is 5.09. The van der Waals surface area contributed by atoms with Gasteiger partial charge in [-0.1, -0.05) is 32.8 Å². The maximum absolute atomic E-state index is 11.8. The number of esters is 1. The zero-order valence-electron chi connectivity index (χ0n) is 13.7. The predicted molar refractivity (Wildman–Crippen MR) is 88.0 cm³/mol. The van der Waals surface area contributed by atoms with Gasteiger partial charge in [0, 0.05) is 0 Å². The standard InChI is InChI=1S/C18H23NO4/c1-3-5-9-22-17-12-14(7-8-16(17)20)11-15(13-19)18(21)23-10-6-4-2/h7-8,11-12,20H,3-6,9-10H2,1-2H3.